The zero-order valence-corrected chi connectivity index (χ0v) is 10.8. The van der Waals surface area contributed by atoms with Crippen molar-refractivity contribution in [3.8, 4) is 0 Å². The number of anilines is 1. The van der Waals surface area contributed by atoms with Crippen LogP contribution in [0.3, 0.4) is 0 Å². The second-order valence-electron chi connectivity index (χ2n) is 4.45. The van der Waals surface area contributed by atoms with Gasteiger partial charge in [-0.05, 0) is 24.1 Å². The molecule has 0 saturated carbocycles. The molecule has 0 aliphatic carbocycles. The number of nitrogens with zero attached hydrogens (tertiary/aromatic N) is 1. The smallest absolute Gasteiger partial charge is 0.152 e. The quantitative estimate of drug-likeness (QED) is 0.766. The number of para-hydroxylation sites is 1. The van der Waals surface area contributed by atoms with Crippen molar-refractivity contribution in [1.82, 2.24) is 0 Å². The van der Waals surface area contributed by atoms with Gasteiger partial charge in [-0.25, -0.2) is 4.39 Å². The molecule has 2 aromatic carbocycles. The Morgan fingerprint density at radius 3 is 2.53 bits per heavy atom. The molecular formula is C16H16FNO. The van der Waals surface area contributed by atoms with E-state index in [2.05, 4.69) is 0 Å². The fraction of sp³-hybridized carbons (Fsp3) is 0.188. The fourth-order valence-electron chi connectivity index (χ4n) is 2.08. The van der Waals surface area contributed by atoms with Crippen LogP contribution in [0, 0.1) is 5.82 Å². The third kappa shape index (κ3) is 3.19. The first-order valence-electron chi connectivity index (χ1n) is 6.21. The minimum atomic E-state index is -0.361. The monoisotopic (exact) mass is 257 g/mol. The van der Waals surface area contributed by atoms with Crippen molar-refractivity contribution < 1.29 is 9.18 Å². The molecule has 3 heteroatoms. The average Bonchev–Trinajstić information content (AvgIpc) is 2.45. The van der Waals surface area contributed by atoms with E-state index in [1.165, 1.54) is 11.6 Å². The lowest BCUT2D eigenvalue weighted by atomic mass is 10.1. The Morgan fingerprint density at radius 1 is 1.11 bits per heavy atom. The minimum absolute atomic E-state index is 0.361. The van der Waals surface area contributed by atoms with Crippen LogP contribution in [-0.2, 0) is 6.42 Å². The van der Waals surface area contributed by atoms with Crippen molar-refractivity contribution >= 4 is 12.0 Å². The van der Waals surface area contributed by atoms with E-state index < -0.39 is 0 Å². The molecule has 0 unspecified atom stereocenters. The molecule has 0 amide bonds. The van der Waals surface area contributed by atoms with Crippen molar-refractivity contribution in [2.45, 2.75) is 6.42 Å². The Bertz CT molecular complexity index is 554. The number of rotatable bonds is 5. The predicted molar refractivity (Wildman–Crippen MR) is 75.2 cm³/mol. The Labute approximate surface area is 112 Å². The molecule has 0 saturated heterocycles. The first-order valence-corrected chi connectivity index (χ1v) is 6.21. The predicted octanol–water partition coefficient (Wildman–Crippen LogP) is 3.32. The molecule has 0 fully saturated rings. The second-order valence-corrected chi connectivity index (χ2v) is 4.45. The van der Waals surface area contributed by atoms with Crippen LogP contribution in [-0.4, -0.2) is 19.9 Å². The third-order valence-corrected chi connectivity index (χ3v) is 3.11. The molecule has 0 atom stereocenters. The van der Waals surface area contributed by atoms with Gasteiger partial charge in [0.15, 0.2) is 6.29 Å². The lowest BCUT2D eigenvalue weighted by molar-refractivity contribution is 0.112. The van der Waals surface area contributed by atoms with E-state index in [4.69, 9.17) is 0 Å². The van der Waals surface area contributed by atoms with Gasteiger partial charge in [0, 0.05) is 19.2 Å². The highest BCUT2D eigenvalue weighted by molar-refractivity contribution is 5.84. The third-order valence-electron chi connectivity index (χ3n) is 3.11. The van der Waals surface area contributed by atoms with Gasteiger partial charge < -0.3 is 4.90 Å². The summed E-state index contributed by atoms with van der Waals surface area (Å²) in [7, 11) is 1.80. The summed E-state index contributed by atoms with van der Waals surface area (Å²) < 4.78 is 13.8. The van der Waals surface area contributed by atoms with E-state index in [1.54, 1.807) is 24.1 Å². The van der Waals surface area contributed by atoms with Crippen LogP contribution < -0.4 is 4.90 Å². The van der Waals surface area contributed by atoms with E-state index in [0.29, 0.717) is 24.1 Å². The second kappa shape index (κ2) is 6.14. The van der Waals surface area contributed by atoms with Gasteiger partial charge in [-0.3, -0.25) is 4.79 Å². The molecule has 2 aromatic rings. The molecular weight excluding hydrogens is 241 g/mol. The number of hydrogen-bond donors (Lipinski definition) is 0. The number of carbonyl (C=O) groups is 1. The highest BCUT2D eigenvalue weighted by atomic mass is 19.1. The van der Waals surface area contributed by atoms with E-state index in [0.717, 1.165) is 6.42 Å². The first-order chi connectivity index (χ1) is 9.22. The standard InChI is InChI=1S/C16H16FNO/c1-18(11-10-13-6-3-2-4-7-13)16-14(12-19)8-5-9-15(16)17/h2-9,12H,10-11H2,1H3. The highest BCUT2D eigenvalue weighted by Crippen LogP contribution is 2.22. The van der Waals surface area contributed by atoms with Gasteiger partial charge in [0.1, 0.15) is 5.82 Å². The van der Waals surface area contributed by atoms with Crippen LogP contribution in [0.25, 0.3) is 0 Å². The van der Waals surface area contributed by atoms with Gasteiger partial charge in [0.2, 0.25) is 0 Å². The molecule has 0 aromatic heterocycles. The summed E-state index contributed by atoms with van der Waals surface area (Å²) in [6, 6.07) is 14.6. The maximum Gasteiger partial charge on any atom is 0.152 e. The summed E-state index contributed by atoms with van der Waals surface area (Å²) in [4.78, 5) is 12.7. The molecule has 0 heterocycles. The Hall–Kier alpha value is -2.16. The van der Waals surface area contributed by atoms with Gasteiger partial charge in [-0.1, -0.05) is 36.4 Å². The maximum absolute atomic E-state index is 13.8. The van der Waals surface area contributed by atoms with Crippen LogP contribution in [0.4, 0.5) is 10.1 Å². The summed E-state index contributed by atoms with van der Waals surface area (Å²) in [5, 5.41) is 0. The van der Waals surface area contributed by atoms with E-state index in [9.17, 15) is 9.18 Å². The SMILES string of the molecule is CN(CCc1ccccc1)c1c(F)cccc1C=O. The number of carbonyl (C=O) groups excluding carboxylic acids is 1. The highest BCUT2D eigenvalue weighted by Gasteiger charge is 2.12. The van der Waals surface area contributed by atoms with Crippen LogP contribution in [0.1, 0.15) is 15.9 Å². The lowest BCUT2D eigenvalue weighted by Crippen LogP contribution is -2.22. The zero-order chi connectivity index (χ0) is 13.7. The summed E-state index contributed by atoms with van der Waals surface area (Å²) in [6.45, 7) is 0.659. The Morgan fingerprint density at radius 2 is 1.84 bits per heavy atom. The molecule has 0 radical (unpaired) electrons. The van der Waals surface area contributed by atoms with Crippen LogP contribution in [0.15, 0.2) is 48.5 Å². The number of aldehydes is 1. The fourth-order valence-corrected chi connectivity index (χ4v) is 2.08. The number of hydrogen-bond acceptors (Lipinski definition) is 2. The van der Waals surface area contributed by atoms with Gasteiger partial charge >= 0.3 is 0 Å². The Balaban J connectivity index is 2.12. The molecule has 98 valence electrons. The zero-order valence-electron chi connectivity index (χ0n) is 10.8. The molecule has 2 rings (SSSR count). The molecule has 0 spiro atoms. The average molecular weight is 257 g/mol. The van der Waals surface area contributed by atoms with Crippen molar-refractivity contribution in [2.24, 2.45) is 0 Å². The summed E-state index contributed by atoms with van der Waals surface area (Å²) in [5.41, 5.74) is 1.95. The molecule has 0 aliphatic heterocycles. The van der Waals surface area contributed by atoms with Crippen molar-refractivity contribution in [3.63, 3.8) is 0 Å². The lowest BCUT2D eigenvalue weighted by Gasteiger charge is -2.21. The van der Waals surface area contributed by atoms with Crippen molar-refractivity contribution in [3.05, 3.63) is 65.5 Å². The summed E-state index contributed by atoms with van der Waals surface area (Å²) in [5.74, 6) is -0.361. The van der Waals surface area contributed by atoms with Gasteiger partial charge in [0.05, 0.1) is 5.69 Å². The molecule has 0 N–H and O–H groups in total. The molecule has 2 nitrogen and oxygen atoms in total. The minimum Gasteiger partial charge on any atom is -0.371 e. The van der Waals surface area contributed by atoms with Crippen molar-refractivity contribution in [1.29, 1.82) is 0 Å². The van der Waals surface area contributed by atoms with Crippen LogP contribution in [0.5, 0.6) is 0 Å². The maximum atomic E-state index is 13.8. The molecule has 0 bridgehead atoms. The van der Waals surface area contributed by atoms with Crippen LogP contribution >= 0.6 is 0 Å². The first kappa shape index (κ1) is 13.3. The van der Waals surface area contributed by atoms with E-state index >= 15 is 0 Å². The summed E-state index contributed by atoms with van der Waals surface area (Å²) in [6.07, 6.45) is 1.50. The largest absolute Gasteiger partial charge is 0.371 e. The molecule has 0 aliphatic rings. The number of halogens is 1. The topological polar surface area (TPSA) is 20.3 Å². The van der Waals surface area contributed by atoms with E-state index in [-0.39, 0.29) is 5.82 Å². The number of benzene rings is 2. The van der Waals surface area contributed by atoms with Gasteiger partial charge in [-0.2, -0.15) is 0 Å². The molecule has 19 heavy (non-hydrogen) atoms. The Kier molecular flexibility index (Phi) is 4.29. The van der Waals surface area contributed by atoms with Gasteiger partial charge in [-0.15, -0.1) is 0 Å². The summed E-state index contributed by atoms with van der Waals surface area (Å²) >= 11 is 0. The normalized spacial score (nSPS) is 10.2. The van der Waals surface area contributed by atoms with Crippen LogP contribution in [0.2, 0.25) is 0 Å². The van der Waals surface area contributed by atoms with Gasteiger partial charge in [0.25, 0.3) is 0 Å². The van der Waals surface area contributed by atoms with E-state index in [1.807, 2.05) is 30.3 Å². The number of likely N-dealkylation sites (N-methyl/N-ethyl adjacent to an activating group) is 1. The van der Waals surface area contributed by atoms with Crippen molar-refractivity contribution in [2.75, 3.05) is 18.5 Å².